The number of nitrogens with one attached hydrogen (secondary N) is 1. The van der Waals surface area contributed by atoms with Gasteiger partial charge < -0.3 is 14.8 Å². The van der Waals surface area contributed by atoms with Crippen molar-refractivity contribution in [2.75, 3.05) is 33.2 Å². The van der Waals surface area contributed by atoms with Crippen LogP contribution in [-0.2, 0) is 18.4 Å². The highest BCUT2D eigenvalue weighted by Gasteiger charge is 2.29. The highest BCUT2D eigenvalue weighted by molar-refractivity contribution is 5.78. The van der Waals surface area contributed by atoms with E-state index < -0.39 is 0 Å². The van der Waals surface area contributed by atoms with Crippen LogP contribution in [0.25, 0.3) is 0 Å². The smallest absolute Gasteiger partial charge is 0.236 e. The maximum Gasteiger partial charge on any atom is 0.236 e. The molecule has 1 atom stereocenters. The normalized spacial score (nSPS) is 18.3. The number of hydrogen-bond acceptors (Lipinski definition) is 4. The Balaban J connectivity index is 1.66. The van der Waals surface area contributed by atoms with E-state index >= 15 is 0 Å². The van der Waals surface area contributed by atoms with Crippen LogP contribution in [-0.4, -0.2) is 58.5 Å². The van der Waals surface area contributed by atoms with Crippen molar-refractivity contribution >= 4 is 5.91 Å². The predicted octanol–water partition coefficient (Wildman–Crippen LogP) is 1.16. The number of benzene rings is 1. The topological polar surface area (TPSA) is 53.4 Å². The first kappa shape index (κ1) is 17.6. The van der Waals surface area contributed by atoms with Crippen LogP contribution in [0.3, 0.4) is 0 Å². The van der Waals surface area contributed by atoms with E-state index in [0.29, 0.717) is 12.1 Å². The summed E-state index contributed by atoms with van der Waals surface area (Å²) in [7, 11) is 3.67. The van der Waals surface area contributed by atoms with Gasteiger partial charge in [0.2, 0.25) is 5.91 Å². The summed E-state index contributed by atoms with van der Waals surface area (Å²) < 4.78 is 15.8. The molecule has 1 aliphatic heterocycles. The number of halogens is 1. The van der Waals surface area contributed by atoms with Crippen LogP contribution in [0, 0.1) is 5.82 Å². The largest absolute Gasteiger partial charge is 0.340 e. The third kappa shape index (κ3) is 4.05. The van der Waals surface area contributed by atoms with Gasteiger partial charge in [0, 0.05) is 58.2 Å². The Labute approximate surface area is 147 Å². The molecule has 0 radical (unpaired) electrons. The fourth-order valence-electron chi connectivity index (χ4n) is 3.15. The minimum absolute atomic E-state index is 0.0237. The summed E-state index contributed by atoms with van der Waals surface area (Å²) in [5, 5.41) is 3.36. The van der Waals surface area contributed by atoms with E-state index in [2.05, 4.69) is 15.2 Å². The minimum atomic E-state index is -0.282. The molecule has 1 unspecified atom stereocenters. The van der Waals surface area contributed by atoms with Crippen molar-refractivity contribution in [3.05, 3.63) is 53.9 Å². The van der Waals surface area contributed by atoms with E-state index in [1.807, 2.05) is 17.8 Å². The molecule has 1 amide bonds. The molecule has 7 heteroatoms. The summed E-state index contributed by atoms with van der Waals surface area (Å²) in [6, 6.07) is 6.62. The Morgan fingerprint density at radius 2 is 2.24 bits per heavy atom. The van der Waals surface area contributed by atoms with Crippen molar-refractivity contribution in [1.82, 2.24) is 24.7 Å². The van der Waals surface area contributed by atoms with Gasteiger partial charge in [0.1, 0.15) is 11.6 Å². The molecule has 1 saturated heterocycles. The van der Waals surface area contributed by atoms with Gasteiger partial charge in [0.05, 0.1) is 12.6 Å². The lowest BCUT2D eigenvalue weighted by Crippen LogP contribution is -2.50. The van der Waals surface area contributed by atoms with Gasteiger partial charge in [-0.05, 0) is 6.07 Å². The molecule has 25 heavy (non-hydrogen) atoms. The molecule has 0 bridgehead atoms. The number of carbonyl (C=O) groups is 1. The van der Waals surface area contributed by atoms with E-state index in [1.54, 1.807) is 36.3 Å². The quantitative estimate of drug-likeness (QED) is 0.884. The van der Waals surface area contributed by atoms with Crippen molar-refractivity contribution in [3.8, 4) is 0 Å². The Kier molecular flexibility index (Phi) is 5.45. The first-order valence-corrected chi connectivity index (χ1v) is 8.45. The number of imidazole rings is 1. The van der Waals surface area contributed by atoms with Crippen molar-refractivity contribution in [2.45, 2.75) is 12.6 Å². The van der Waals surface area contributed by atoms with Crippen LogP contribution < -0.4 is 5.32 Å². The zero-order valence-electron chi connectivity index (χ0n) is 14.7. The molecule has 2 heterocycles. The Hall–Kier alpha value is -2.25. The van der Waals surface area contributed by atoms with Gasteiger partial charge in [-0.3, -0.25) is 9.69 Å². The number of hydrogen-bond donors (Lipinski definition) is 1. The molecule has 1 aromatic heterocycles. The third-order valence-corrected chi connectivity index (χ3v) is 4.64. The maximum absolute atomic E-state index is 13.8. The van der Waals surface area contributed by atoms with E-state index in [-0.39, 0.29) is 24.3 Å². The number of aromatic nitrogens is 2. The summed E-state index contributed by atoms with van der Waals surface area (Å²) >= 11 is 0. The van der Waals surface area contributed by atoms with E-state index in [1.165, 1.54) is 6.07 Å². The van der Waals surface area contributed by atoms with E-state index in [0.717, 1.165) is 25.5 Å². The predicted molar refractivity (Wildman–Crippen MR) is 93.3 cm³/mol. The fourth-order valence-corrected chi connectivity index (χ4v) is 3.15. The van der Waals surface area contributed by atoms with Gasteiger partial charge in [-0.2, -0.15) is 0 Å². The zero-order valence-corrected chi connectivity index (χ0v) is 14.7. The number of nitrogens with zero attached hydrogens (tertiary/aromatic N) is 4. The summed E-state index contributed by atoms with van der Waals surface area (Å²) in [5.41, 5.74) is 0.527. The number of carbonyl (C=O) groups excluding carboxylic acids is 1. The highest BCUT2D eigenvalue weighted by atomic mass is 19.1. The molecule has 3 rings (SSSR count). The molecular formula is C18H24FN5O. The molecule has 1 fully saturated rings. The van der Waals surface area contributed by atoms with E-state index in [9.17, 15) is 9.18 Å². The molecular weight excluding hydrogens is 321 g/mol. The molecule has 1 N–H and O–H groups in total. The monoisotopic (exact) mass is 345 g/mol. The third-order valence-electron chi connectivity index (χ3n) is 4.64. The molecule has 1 aromatic carbocycles. The lowest BCUT2D eigenvalue weighted by atomic mass is 10.1. The van der Waals surface area contributed by atoms with Crippen LogP contribution in [0.2, 0.25) is 0 Å². The fraction of sp³-hybridized carbons (Fsp3) is 0.444. The summed E-state index contributed by atoms with van der Waals surface area (Å²) in [6.45, 7) is 2.94. The van der Waals surface area contributed by atoms with Crippen LogP contribution in [0.1, 0.15) is 17.4 Å². The average molecular weight is 345 g/mol. The first-order chi connectivity index (χ1) is 12.1. The molecule has 0 saturated carbocycles. The van der Waals surface area contributed by atoms with Gasteiger partial charge in [0.25, 0.3) is 0 Å². The second-order valence-electron chi connectivity index (χ2n) is 6.43. The lowest BCUT2D eigenvalue weighted by molar-refractivity contribution is -0.132. The molecule has 134 valence electrons. The van der Waals surface area contributed by atoms with Crippen LogP contribution in [0.5, 0.6) is 0 Å². The first-order valence-electron chi connectivity index (χ1n) is 8.45. The van der Waals surface area contributed by atoms with Gasteiger partial charge in [0.15, 0.2) is 0 Å². The number of aryl methyl sites for hydroxylation is 1. The molecule has 0 spiro atoms. The lowest BCUT2D eigenvalue weighted by Gasteiger charge is -2.36. The molecule has 2 aromatic rings. The second-order valence-corrected chi connectivity index (χ2v) is 6.43. The van der Waals surface area contributed by atoms with Crippen molar-refractivity contribution in [1.29, 1.82) is 0 Å². The van der Waals surface area contributed by atoms with Crippen molar-refractivity contribution < 1.29 is 9.18 Å². The van der Waals surface area contributed by atoms with Gasteiger partial charge in [-0.15, -0.1) is 0 Å². The van der Waals surface area contributed by atoms with Gasteiger partial charge in [-0.1, -0.05) is 18.2 Å². The Morgan fingerprint density at radius 3 is 2.96 bits per heavy atom. The SMILES string of the molecule is CN(Cc1ccccc1F)C(=O)CN1CCNCC1c1nccn1C. The standard InChI is InChI=1S/C18H24FN5O/c1-22-9-8-21-18(22)16-11-20-7-10-24(16)13-17(25)23(2)12-14-5-3-4-6-15(14)19/h3-6,8-9,16,20H,7,10-13H2,1-2H3. The summed E-state index contributed by atoms with van der Waals surface area (Å²) in [4.78, 5) is 20.8. The summed E-state index contributed by atoms with van der Waals surface area (Å²) in [6.07, 6.45) is 3.68. The molecule has 6 nitrogen and oxygen atoms in total. The number of amides is 1. The molecule has 1 aliphatic rings. The number of likely N-dealkylation sites (N-methyl/N-ethyl adjacent to an activating group) is 1. The summed E-state index contributed by atoms with van der Waals surface area (Å²) in [5.74, 6) is 0.635. The number of piperazine rings is 1. The van der Waals surface area contributed by atoms with E-state index in [4.69, 9.17) is 0 Å². The Bertz CT molecular complexity index is 732. The van der Waals surface area contributed by atoms with Crippen LogP contribution >= 0.6 is 0 Å². The Morgan fingerprint density at radius 1 is 1.44 bits per heavy atom. The number of rotatable bonds is 5. The van der Waals surface area contributed by atoms with Gasteiger partial charge >= 0.3 is 0 Å². The average Bonchev–Trinajstić information content (AvgIpc) is 3.03. The van der Waals surface area contributed by atoms with Gasteiger partial charge in [-0.25, -0.2) is 9.37 Å². The highest BCUT2D eigenvalue weighted by Crippen LogP contribution is 2.20. The zero-order chi connectivity index (χ0) is 17.8. The van der Waals surface area contributed by atoms with Crippen molar-refractivity contribution in [3.63, 3.8) is 0 Å². The maximum atomic E-state index is 13.8. The van der Waals surface area contributed by atoms with Crippen LogP contribution in [0.4, 0.5) is 4.39 Å². The van der Waals surface area contributed by atoms with Crippen molar-refractivity contribution in [2.24, 2.45) is 7.05 Å². The minimum Gasteiger partial charge on any atom is -0.340 e. The second kappa shape index (κ2) is 7.76. The van der Waals surface area contributed by atoms with Crippen LogP contribution in [0.15, 0.2) is 36.7 Å². The molecule has 0 aliphatic carbocycles.